The highest BCUT2D eigenvalue weighted by molar-refractivity contribution is 5.79. The number of ketones is 1. The third-order valence-corrected chi connectivity index (χ3v) is 10.5. The Morgan fingerprint density at radius 1 is 1.09 bits per heavy atom. The molecule has 0 heterocycles. The molecule has 34 heavy (non-hydrogen) atoms. The summed E-state index contributed by atoms with van der Waals surface area (Å²) in [6, 6.07) is 8.44. The van der Waals surface area contributed by atoms with Crippen molar-refractivity contribution in [1.82, 2.24) is 0 Å². The zero-order chi connectivity index (χ0) is 24.1. The number of aliphatic carboxylic acids is 1. The fraction of sp³-hybridized carbons (Fsp3) is 0.724. The van der Waals surface area contributed by atoms with E-state index in [1.807, 2.05) is 12.1 Å². The van der Waals surface area contributed by atoms with Crippen LogP contribution < -0.4 is 4.74 Å². The van der Waals surface area contributed by atoms with Crippen LogP contribution in [0.25, 0.3) is 0 Å². The summed E-state index contributed by atoms with van der Waals surface area (Å²) < 4.78 is 5.79. The highest BCUT2D eigenvalue weighted by Crippen LogP contribution is 2.69. The summed E-state index contributed by atoms with van der Waals surface area (Å²) >= 11 is 0. The van der Waals surface area contributed by atoms with E-state index in [-0.39, 0.29) is 23.4 Å². The van der Waals surface area contributed by atoms with Gasteiger partial charge in [0.05, 0.1) is 12.7 Å². The Hall–Kier alpha value is -1.88. The largest absolute Gasteiger partial charge is 0.494 e. The number of ether oxygens (including phenoxy) is 1. The topological polar surface area (TPSA) is 83.8 Å². The van der Waals surface area contributed by atoms with Gasteiger partial charge in [0.2, 0.25) is 0 Å². The maximum atomic E-state index is 12.4. The summed E-state index contributed by atoms with van der Waals surface area (Å²) in [5.74, 6) is 3.03. The van der Waals surface area contributed by atoms with E-state index in [1.165, 1.54) is 12.0 Å². The lowest BCUT2D eigenvalue weighted by atomic mass is 9.42. The van der Waals surface area contributed by atoms with Gasteiger partial charge in [0.15, 0.2) is 0 Å². The molecule has 0 radical (unpaired) electrons. The standard InChI is InChI=1S/C29H40O5/c1-28-14-13-20(30)16-19(28)7-10-22-24-11-12-25(31)29(24,2)17-23(27(22)28)18-5-8-21(9-6-18)34-15-3-4-26(32)33/h5-6,8-9,19,22-25,27,31H,3-4,7,10-17H2,1-2H3,(H,32,33)/t19?,22?,23-,24?,25+,27?,28+,29+/m1/s1. The number of hydrogen-bond donors (Lipinski definition) is 2. The molecule has 0 aromatic heterocycles. The number of rotatable bonds is 6. The Morgan fingerprint density at radius 3 is 2.59 bits per heavy atom. The van der Waals surface area contributed by atoms with E-state index in [4.69, 9.17) is 9.84 Å². The number of carbonyl (C=O) groups excluding carboxylic acids is 1. The molecular weight excluding hydrogens is 428 g/mol. The maximum Gasteiger partial charge on any atom is 0.303 e. The van der Waals surface area contributed by atoms with Crippen molar-refractivity contribution in [1.29, 1.82) is 0 Å². The minimum atomic E-state index is -0.796. The van der Waals surface area contributed by atoms with Crippen LogP contribution in [0, 0.1) is 34.5 Å². The van der Waals surface area contributed by atoms with Crippen LogP contribution in [0.4, 0.5) is 0 Å². The molecule has 5 rings (SSSR count). The molecule has 4 saturated carbocycles. The lowest BCUT2D eigenvalue weighted by molar-refractivity contribution is -0.147. The monoisotopic (exact) mass is 468 g/mol. The predicted octanol–water partition coefficient (Wildman–Crippen LogP) is 5.60. The van der Waals surface area contributed by atoms with Crippen LogP contribution in [0.15, 0.2) is 24.3 Å². The van der Waals surface area contributed by atoms with Crippen molar-refractivity contribution >= 4 is 11.8 Å². The second-order valence-corrected chi connectivity index (χ2v) is 12.1. The Morgan fingerprint density at radius 2 is 1.85 bits per heavy atom. The van der Waals surface area contributed by atoms with Crippen molar-refractivity contribution in [3.63, 3.8) is 0 Å². The fourth-order valence-electron chi connectivity index (χ4n) is 8.75. The molecule has 4 aliphatic carbocycles. The number of benzene rings is 1. The van der Waals surface area contributed by atoms with Crippen LogP contribution in [0.2, 0.25) is 0 Å². The van der Waals surface area contributed by atoms with Crippen molar-refractivity contribution in [2.24, 2.45) is 34.5 Å². The SMILES string of the molecule is C[C@]12CCC(=O)CC1CCC1C2[C@@H](c2ccc(OCCCC(=O)O)cc2)C[C@@]2(C)C1CC[C@@H]2O. The second-order valence-electron chi connectivity index (χ2n) is 12.1. The maximum absolute atomic E-state index is 12.4. The van der Waals surface area contributed by atoms with E-state index >= 15 is 0 Å². The lowest BCUT2D eigenvalue weighted by Gasteiger charge is -2.62. The van der Waals surface area contributed by atoms with E-state index in [2.05, 4.69) is 26.0 Å². The first-order chi connectivity index (χ1) is 16.2. The molecule has 186 valence electrons. The normalized spacial score (nSPS) is 41.3. The molecule has 1 aromatic carbocycles. The van der Waals surface area contributed by atoms with Crippen molar-refractivity contribution in [3.05, 3.63) is 29.8 Å². The molecule has 0 aliphatic heterocycles. The van der Waals surface area contributed by atoms with Crippen LogP contribution in [0.5, 0.6) is 5.75 Å². The first-order valence-electron chi connectivity index (χ1n) is 13.4. The number of hydrogen-bond acceptors (Lipinski definition) is 4. The molecule has 5 nitrogen and oxygen atoms in total. The van der Waals surface area contributed by atoms with E-state index < -0.39 is 5.97 Å². The number of fused-ring (bicyclic) bond motifs is 5. The summed E-state index contributed by atoms with van der Waals surface area (Å²) in [6.45, 7) is 5.21. The highest BCUT2D eigenvalue weighted by atomic mass is 16.5. The van der Waals surface area contributed by atoms with Gasteiger partial charge in [-0.25, -0.2) is 0 Å². The van der Waals surface area contributed by atoms with Gasteiger partial charge in [-0.2, -0.15) is 0 Å². The van der Waals surface area contributed by atoms with Crippen LogP contribution >= 0.6 is 0 Å². The molecule has 0 spiro atoms. The Balaban J connectivity index is 1.43. The predicted molar refractivity (Wildman–Crippen MR) is 130 cm³/mol. The number of aliphatic hydroxyl groups excluding tert-OH is 1. The zero-order valence-electron chi connectivity index (χ0n) is 20.7. The Labute approximate surface area is 203 Å². The highest BCUT2D eigenvalue weighted by Gasteiger charge is 2.63. The summed E-state index contributed by atoms with van der Waals surface area (Å²) in [4.78, 5) is 23.1. The van der Waals surface area contributed by atoms with Gasteiger partial charge in [-0.1, -0.05) is 26.0 Å². The van der Waals surface area contributed by atoms with Crippen LogP contribution in [0.3, 0.4) is 0 Å². The number of carboxylic acid groups (broad SMARTS) is 1. The molecule has 4 unspecified atom stereocenters. The first-order valence-corrected chi connectivity index (χ1v) is 13.4. The average Bonchev–Trinajstić information content (AvgIpc) is 3.11. The zero-order valence-corrected chi connectivity index (χ0v) is 20.7. The summed E-state index contributed by atoms with van der Waals surface area (Å²) in [7, 11) is 0. The molecule has 2 N–H and O–H groups in total. The smallest absolute Gasteiger partial charge is 0.303 e. The molecule has 4 fully saturated rings. The third-order valence-electron chi connectivity index (χ3n) is 10.5. The number of carbonyl (C=O) groups is 2. The second kappa shape index (κ2) is 8.96. The van der Waals surface area contributed by atoms with Gasteiger partial charge in [-0.05, 0) is 103 Å². The van der Waals surface area contributed by atoms with Gasteiger partial charge >= 0.3 is 5.97 Å². The van der Waals surface area contributed by atoms with E-state index in [9.17, 15) is 14.7 Å². The first kappa shape index (κ1) is 23.8. The number of aliphatic hydroxyl groups is 1. The summed E-state index contributed by atoms with van der Waals surface area (Å²) in [6.07, 6.45) is 8.27. The minimum Gasteiger partial charge on any atom is -0.494 e. The molecule has 8 atom stereocenters. The van der Waals surface area contributed by atoms with Gasteiger partial charge in [-0.3, -0.25) is 9.59 Å². The Bertz CT molecular complexity index is 925. The molecule has 0 amide bonds. The van der Waals surface area contributed by atoms with Crippen LogP contribution in [0.1, 0.15) is 89.5 Å². The van der Waals surface area contributed by atoms with Gasteiger partial charge in [0, 0.05) is 19.3 Å². The van der Waals surface area contributed by atoms with Gasteiger partial charge in [0.1, 0.15) is 11.5 Å². The average molecular weight is 469 g/mol. The molecule has 0 saturated heterocycles. The number of Topliss-reactive ketones (excluding diaryl/α,β-unsaturated/α-hetero) is 1. The summed E-state index contributed by atoms with van der Waals surface area (Å²) in [5, 5.41) is 19.9. The Kier molecular flexibility index (Phi) is 6.29. The van der Waals surface area contributed by atoms with Crippen molar-refractivity contribution in [2.45, 2.75) is 90.1 Å². The molecule has 5 heteroatoms. The van der Waals surface area contributed by atoms with Gasteiger partial charge < -0.3 is 14.9 Å². The van der Waals surface area contributed by atoms with E-state index in [0.29, 0.717) is 48.4 Å². The van der Waals surface area contributed by atoms with Crippen molar-refractivity contribution in [3.8, 4) is 5.75 Å². The van der Waals surface area contributed by atoms with Crippen molar-refractivity contribution in [2.75, 3.05) is 6.61 Å². The van der Waals surface area contributed by atoms with Crippen LogP contribution in [-0.2, 0) is 9.59 Å². The van der Waals surface area contributed by atoms with Crippen LogP contribution in [-0.4, -0.2) is 34.7 Å². The van der Waals surface area contributed by atoms with Crippen molar-refractivity contribution < 1.29 is 24.5 Å². The number of carboxylic acids is 1. The molecule has 4 aliphatic rings. The quantitative estimate of drug-likeness (QED) is 0.531. The summed E-state index contributed by atoms with van der Waals surface area (Å²) in [5.41, 5.74) is 1.47. The van der Waals surface area contributed by atoms with E-state index in [0.717, 1.165) is 50.7 Å². The van der Waals surface area contributed by atoms with E-state index in [1.54, 1.807) is 0 Å². The lowest BCUT2D eigenvalue weighted by Crippen LogP contribution is -2.56. The van der Waals surface area contributed by atoms with Gasteiger partial charge in [-0.15, -0.1) is 0 Å². The molecular formula is C29H40O5. The fourth-order valence-corrected chi connectivity index (χ4v) is 8.75. The molecule has 1 aromatic rings. The minimum absolute atomic E-state index is 0.0362. The third kappa shape index (κ3) is 3.98. The van der Waals surface area contributed by atoms with Gasteiger partial charge in [0.25, 0.3) is 0 Å². The molecule has 0 bridgehead atoms.